The molecule has 0 aliphatic carbocycles. The number of hydrogen-bond donors (Lipinski definition) is 2. The average Bonchev–Trinajstić information content (AvgIpc) is 2.95. The number of carbonyl (C=O) groups is 1. The fourth-order valence-corrected chi connectivity index (χ4v) is 3.20. The summed E-state index contributed by atoms with van der Waals surface area (Å²) in [7, 11) is -1.11. The summed E-state index contributed by atoms with van der Waals surface area (Å²) >= 11 is 0. The molecule has 0 fully saturated rings. The van der Waals surface area contributed by atoms with E-state index >= 15 is 0 Å². The van der Waals surface area contributed by atoms with Gasteiger partial charge >= 0.3 is 0 Å². The van der Waals surface area contributed by atoms with Gasteiger partial charge in [0.25, 0.3) is 5.91 Å². The van der Waals surface area contributed by atoms with E-state index in [1.54, 1.807) is 12.1 Å². The van der Waals surface area contributed by atoms with Gasteiger partial charge in [-0.1, -0.05) is 12.1 Å². The molecule has 0 unspecified atom stereocenters. The highest BCUT2D eigenvalue weighted by Crippen LogP contribution is 2.16. The highest BCUT2D eigenvalue weighted by atomic mass is 32.2. The summed E-state index contributed by atoms with van der Waals surface area (Å²) in [5.41, 5.74) is 3.39. The maximum atomic E-state index is 12.0. The Labute approximate surface area is 158 Å². The molecular weight excluding hydrogens is 364 g/mol. The smallest absolute Gasteiger partial charge is 0.251 e. The zero-order valence-electron chi connectivity index (χ0n) is 15.3. The quantitative estimate of drug-likeness (QED) is 0.647. The lowest BCUT2D eigenvalue weighted by Gasteiger charge is -2.08. The summed E-state index contributed by atoms with van der Waals surface area (Å²) in [6.07, 6.45) is 1.14. The van der Waals surface area contributed by atoms with Gasteiger partial charge in [-0.15, -0.1) is 0 Å². The van der Waals surface area contributed by atoms with Crippen LogP contribution in [0.5, 0.6) is 0 Å². The van der Waals surface area contributed by atoms with Crippen molar-refractivity contribution < 1.29 is 13.2 Å². The molecule has 8 heteroatoms. The van der Waals surface area contributed by atoms with Crippen LogP contribution >= 0.6 is 0 Å². The number of benzene rings is 2. The third-order valence-electron chi connectivity index (χ3n) is 4.24. The average molecular weight is 386 g/mol. The standard InChI is InChI=1S/C19H22N4O3S/c1-23-17-6-4-3-5-16(17)22-18(23)13-21-15-9-7-14(8-10-15)19(24)20-11-12-27(2,25)26/h3-10,21H,11-13H2,1-2H3,(H,20,24). The van der Waals surface area contributed by atoms with Gasteiger partial charge in [0.05, 0.1) is 23.3 Å². The second kappa shape index (κ2) is 7.79. The van der Waals surface area contributed by atoms with Gasteiger partial charge in [-0.05, 0) is 36.4 Å². The molecule has 1 heterocycles. The maximum Gasteiger partial charge on any atom is 0.251 e. The SMILES string of the molecule is Cn1c(CNc2ccc(C(=O)NCCS(C)(=O)=O)cc2)nc2ccccc21. The van der Waals surface area contributed by atoms with Crippen LogP contribution in [0.25, 0.3) is 11.0 Å². The second-order valence-corrected chi connectivity index (χ2v) is 8.65. The Morgan fingerprint density at radius 1 is 1.11 bits per heavy atom. The van der Waals surface area contributed by atoms with Crippen molar-refractivity contribution in [2.75, 3.05) is 23.9 Å². The fraction of sp³-hybridized carbons (Fsp3) is 0.263. The highest BCUT2D eigenvalue weighted by molar-refractivity contribution is 7.90. The molecule has 0 atom stereocenters. The van der Waals surface area contributed by atoms with Gasteiger partial charge in [0, 0.05) is 31.1 Å². The number of aromatic nitrogens is 2. The monoisotopic (exact) mass is 386 g/mol. The van der Waals surface area contributed by atoms with Crippen LogP contribution in [-0.2, 0) is 23.4 Å². The van der Waals surface area contributed by atoms with Crippen LogP contribution < -0.4 is 10.6 Å². The number of nitrogens with one attached hydrogen (secondary N) is 2. The summed E-state index contributed by atoms with van der Waals surface area (Å²) < 4.78 is 24.2. The molecule has 0 spiro atoms. The Bertz CT molecular complexity index is 1060. The molecule has 3 rings (SSSR count). The number of imidazole rings is 1. The molecule has 142 valence electrons. The first-order valence-electron chi connectivity index (χ1n) is 8.54. The lowest BCUT2D eigenvalue weighted by Crippen LogP contribution is -2.28. The molecule has 1 amide bonds. The number of nitrogens with zero attached hydrogens (tertiary/aromatic N) is 2. The van der Waals surface area contributed by atoms with Crippen LogP contribution in [-0.4, -0.2) is 42.4 Å². The predicted molar refractivity (Wildman–Crippen MR) is 107 cm³/mol. The summed E-state index contributed by atoms with van der Waals surface area (Å²) in [5, 5.41) is 5.90. The minimum absolute atomic E-state index is 0.0730. The number of aryl methyl sites for hydroxylation is 1. The van der Waals surface area contributed by atoms with Crippen LogP contribution in [0.1, 0.15) is 16.2 Å². The van der Waals surface area contributed by atoms with E-state index in [-0.39, 0.29) is 18.2 Å². The molecule has 2 N–H and O–H groups in total. The molecule has 0 saturated carbocycles. The first-order chi connectivity index (χ1) is 12.8. The van der Waals surface area contributed by atoms with Gasteiger partial charge in [0.2, 0.25) is 0 Å². The third-order valence-corrected chi connectivity index (χ3v) is 5.18. The lowest BCUT2D eigenvalue weighted by molar-refractivity contribution is 0.0956. The van der Waals surface area contributed by atoms with Crippen molar-refractivity contribution in [3.8, 4) is 0 Å². The number of fused-ring (bicyclic) bond motifs is 1. The Hall–Kier alpha value is -2.87. The number of rotatable bonds is 7. The Balaban J connectivity index is 1.58. The third kappa shape index (κ3) is 4.85. The molecule has 0 radical (unpaired) electrons. The summed E-state index contributed by atoms with van der Waals surface area (Å²) in [4.78, 5) is 16.6. The van der Waals surface area contributed by atoms with Gasteiger partial charge in [0.15, 0.2) is 0 Å². The molecule has 0 saturated heterocycles. The van der Waals surface area contributed by atoms with Crippen LogP contribution in [0, 0.1) is 0 Å². The summed E-state index contributed by atoms with van der Waals surface area (Å²) in [5.74, 6) is 0.551. The fourth-order valence-electron chi connectivity index (χ4n) is 2.73. The highest BCUT2D eigenvalue weighted by Gasteiger charge is 2.09. The molecule has 7 nitrogen and oxygen atoms in total. The number of amides is 1. The number of sulfone groups is 1. The van der Waals surface area contributed by atoms with E-state index in [1.807, 2.05) is 48.0 Å². The molecule has 3 aromatic rings. The number of carbonyl (C=O) groups excluding carboxylic acids is 1. The number of para-hydroxylation sites is 2. The van der Waals surface area contributed by atoms with Crippen molar-refractivity contribution >= 4 is 32.5 Å². The largest absolute Gasteiger partial charge is 0.378 e. The molecule has 0 bridgehead atoms. The van der Waals surface area contributed by atoms with E-state index in [1.165, 1.54) is 0 Å². The maximum absolute atomic E-state index is 12.0. The molecule has 2 aromatic carbocycles. The van der Waals surface area contributed by atoms with Crippen LogP contribution in [0.2, 0.25) is 0 Å². The van der Waals surface area contributed by atoms with Crippen molar-refractivity contribution in [2.45, 2.75) is 6.54 Å². The molecule has 1 aromatic heterocycles. The summed E-state index contributed by atoms with van der Waals surface area (Å²) in [6.45, 7) is 0.662. The zero-order valence-corrected chi connectivity index (χ0v) is 16.1. The van der Waals surface area contributed by atoms with Crippen molar-refractivity contribution in [2.24, 2.45) is 7.05 Å². The van der Waals surface area contributed by atoms with Crippen molar-refractivity contribution in [1.82, 2.24) is 14.9 Å². The van der Waals surface area contributed by atoms with Crippen LogP contribution in [0.15, 0.2) is 48.5 Å². The van der Waals surface area contributed by atoms with Gasteiger partial charge in [-0.25, -0.2) is 13.4 Å². The second-order valence-electron chi connectivity index (χ2n) is 6.39. The van der Waals surface area contributed by atoms with E-state index in [9.17, 15) is 13.2 Å². The first kappa shape index (κ1) is 18.9. The Kier molecular flexibility index (Phi) is 5.46. The van der Waals surface area contributed by atoms with E-state index in [4.69, 9.17) is 0 Å². The van der Waals surface area contributed by atoms with Gasteiger partial charge in [-0.2, -0.15) is 0 Å². The zero-order chi connectivity index (χ0) is 19.4. The van der Waals surface area contributed by atoms with Gasteiger partial charge < -0.3 is 15.2 Å². The van der Waals surface area contributed by atoms with Crippen molar-refractivity contribution in [1.29, 1.82) is 0 Å². The predicted octanol–water partition coefficient (Wildman–Crippen LogP) is 1.96. The Morgan fingerprint density at radius 2 is 1.81 bits per heavy atom. The lowest BCUT2D eigenvalue weighted by atomic mass is 10.2. The topological polar surface area (TPSA) is 93.1 Å². The minimum atomic E-state index is -3.09. The van der Waals surface area contributed by atoms with E-state index < -0.39 is 9.84 Å². The number of hydrogen-bond acceptors (Lipinski definition) is 5. The van der Waals surface area contributed by atoms with Crippen molar-refractivity contribution in [3.63, 3.8) is 0 Å². The normalized spacial score (nSPS) is 11.5. The molecule has 27 heavy (non-hydrogen) atoms. The Morgan fingerprint density at radius 3 is 2.48 bits per heavy atom. The van der Waals surface area contributed by atoms with Gasteiger partial charge in [0.1, 0.15) is 15.7 Å². The summed E-state index contributed by atoms with van der Waals surface area (Å²) in [6, 6.07) is 15.0. The van der Waals surface area contributed by atoms with E-state index in [2.05, 4.69) is 15.6 Å². The molecular formula is C19H22N4O3S. The van der Waals surface area contributed by atoms with E-state index in [0.717, 1.165) is 28.8 Å². The van der Waals surface area contributed by atoms with E-state index in [0.29, 0.717) is 12.1 Å². The molecule has 0 aliphatic rings. The van der Waals surface area contributed by atoms with Crippen LogP contribution in [0.3, 0.4) is 0 Å². The number of anilines is 1. The first-order valence-corrected chi connectivity index (χ1v) is 10.6. The minimum Gasteiger partial charge on any atom is -0.378 e. The molecule has 0 aliphatic heterocycles. The van der Waals surface area contributed by atoms with Crippen LogP contribution in [0.4, 0.5) is 5.69 Å². The van der Waals surface area contributed by atoms with Crippen molar-refractivity contribution in [3.05, 3.63) is 59.9 Å². The van der Waals surface area contributed by atoms with Gasteiger partial charge in [-0.3, -0.25) is 4.79 Å².